The van der Waals surface area contributed by atoms with Gasteiger partial charge in [0.05, 0.1) is 11.9 Å². The fourth-order valence-electron chi connectivity index (χ4n) is 1.36. The van der Waals surface area contributed by atoms with E-state index in [1.165, 1.54) is 0 Å². The highest BCUT2D eigenvalue weighted by molar-refractivity contribution is 5.42. The average molecular weight is 191 g/mol. The summed E-state index contributed by atoms with van der Waals surface area (Å²) in [5, 5.41) is 0. The van der Waals surface area contributed by atoms with Gasteiger partial charge >= 0.3 is 0 Å². The summed E-state index contributed by atoms with van der Waals surface area (Å²) in [6.07, 6.45) is 3.87. The Bertz CT molecular complexity index is 436. The van der Waals surface area contributed by atoms with E-state index in [1.54, 1.807) is 0 Å². The largest absolute Gasteiger partial charge is 0.491 e. The molecule has 0 aliphatic heterocycles. The molecule has 0 saturated carbocycles. The Morgan fingerprint density at radius 1 is 1.43 bits per heavy atom. The molecule has 0 unspecified atom stereocenters. The lowest BCUT2D eigenvalue weighted by molar-refractivity contribution is 0.326. The summed E-state index contributed by atoms with van der Waals surface area (Å²) in [5.74, 6) is 0.820. The summed E-state index contributed by atoms with van der Waals surface area (Å²) in [6, 6.07) is 3.83. The standard InChI is InChI=1S/C10H13N3O/c1-8-6-13-7-9(14-5-4-11)2-3-10(13)12-8/h2-3,6-7H,4-5,11H2,1H3. The first-order chi connectivity index (χ1) is 6.79. The van der Waals surface area contributed by atoms with Crippen molar-refractivity contribution < 1.29 is 4.74 Å². The molecule has 0 atom stereocenters. The van der Waals surface area contributed by atoms with Crippen molar-refractivity contribution in [1.82, 2.24) is 9.38 Å². The van der Waals surface area contributed by atoms with Crippen molar-refractivity contribution in [3.63, 3.8) is 0 Å². The van der Waals surface area contributed by atoms with Crippen LogP contribution in [0.15, 0.2) is 24.5 Å². The highest BCUT2D eigenvalue weighted by Gasteiger charge is 1.98. The van der Waals surface area contributed by atoms with Gasteiger partial charge in [-0.3, -0.25) is 0 Å². The molecule has 0 aliphatic rings. The summed E-state index contributed by atoms with van der Waals surface area (Å²) in [4.78, 5) is 4.32. The maximum absolute atomic E-state index is 5.40. The molecule has 0 radical (unpaired) electrons. The van der Waals surface area contributed by atoms with Gasteiger partial charge in [-0.15, -0.1) is 0 Å². The molecule has 2 aromatic heterocycles. The van der Waals surface area contributed by atoms with E-state index >= 15 is 0 Å². The molecule has 14 heavy (non-hydrogen) atoms. The molecule has 0 bridgehead atoms. The van der Waals surface area contributed by atoms with Crippen molar-refractivity contribution in [2.24, 2.45) is 5.73 Å². The summed E-state index contributed by atoms with van der Waals surface area (Å²) in [6.45, 7) is 3.04. The van der Waals surface area contributed by atoms with Crippen LogP contribution in [-0.4, -0.2) is 22.5 Å². The number of nitrogens with zero attached hydrogens (tertiary/aromatic N) is 2. The monoisotopic (exact) mass is 191 g/mol. The summed E-state index contributed by atoms with van der Waals surface area (Å²) in [5.41, 5.74) is 7.28. The molecule has 2 N–H and O–H groups in total. The molecule has 0 aromatic carbocycles. The molecule has 0 aliphatic carbocycles. The predicted molar refractivity (Wildman–Crippen MR) is 54.5 cm³/mol. The van der Waals surface area contributed by atoms with Crippen LogP contribution < -0.4 is 10.5 Å². The van der Waals surface area contributed by atoms with Crippen molar-refractivity contribution in [2.75, 3.05) is 13.2 Å². The number of rotatable bonds is 3. The molecule has 0 saturated heterocycles. The minimum atomic E-state index is 0.529. The average Bonchev–Trinajstić information content (AvgIpc) is 2.54. The van der Waals surface area contributed by atoms with Crippen LogP contribution in [-0.2, 0) is 0 Å². The van der Waals surface area contributed by atoms with Gasteiger partial charge in [0.15, 0.2) is 0 Å². The predicted octanol–water partition coefficient (Wildman–Crippen LogP) is 0.980. The Kier molecular flexibility index (Phi) is 2.37. The molecule has 0 amide bonds. The van der Waals surface area contributed by atoms with E-state index in [0.29, 0.717) is 13.2 Å². The second kappa shape index (κ2) is 3.67. The third kappa shape index (κ3) is 1.70. The van der Waals surface area contributed by atoms with Crippen molar-refractivity contribution in [3.8, 4) is 5.75 Å². The SMILES string of the molecule is Cc1cn2cc(OCCN)ccc2n1. The maximum Gasteiger partial charge on any atom is 0.137 e. The highest BCUT2D eigenvalue weighted by atomic mass is 16.5. The van der Waals surface area contributed by atoms with Crippen LogP contribution in [0.3, 0.4) is 0 Å². The van der Waals surface area contributed by atoms with Crippen LogP contribution in [0.4, 0.5) is 0 Å². The summed E-state index contributed by atoms with van der Waals surface area (Å²) < 4.78 is 7.34. The molecule has 4 heteroatoms. The van der Waals surface area contributed by atoms with Crippen molar-refractivity contribution in [2.45, 2.75) is 6.92 Å². The first-order valence-electron chi connectivity index (χ1n) is 4.58. The van der Waals surface area contributed by atoms with Gasteiger partial charge in [0, 0.05) is 12.7 Å². The van der Waals surface area contributed by atoms with Crippen LogP contribution >= 0.6 is 0 Å². The van der Waals surface area contributed by atoms with E-state index in [1.807, 2.05) is 35.9 Å². The van der Waals surface area contributed by atoms with E-state index in [2.05, 4.69) is 4.98 Å². The topological polar surface area (TPSA) is 52.5 Å². The Balaban J connectivity index is 2.31. The molecule has 74 valence electrons. The number of nitrogens with two attached hydrogens (primary N) is 1. The van der Waals surface area contributed by atoms with Gasteiger partial charge in [0.2, 0.25) is 0 Å². The van der Waals surface area contributed by atoms with Crippen LogP contribution in [0, 0.1) is 6.92 Å². The van der Waals surface area contributed by atoms with Crippen molar-refractivity contribution in [3.05, 3.63) is 30.2 Å². The second-order valence-corrected chi connectivity index (χ2v) is 3.15. The zero-order chi connectivity index (χ0) is 9.97. The second-order valence-electron chi connectivity index (χ2n) is 3.15. The van der Waals surface area contributed by atoms with Gasteiger partial charge in [-0.25, -0.2) is 4.98 Å². The zero-order valence-corrected chi connectivity index (χ0v) is 8.10. The molecule has 0 spiro atoms. The number of aryl methyl sites for hydroxylation is 1. The van der Waals surface area contributed by atoms with Crippen LogP contribution in [0.1, 0.15) is 5.69 Å². The van der Waals surface area contributed by atoms with Gasteiger partial charge < -0.3 is 14.9 Å². The quantitative estimate of drug-likeness (QED) is 0.786. The van der Waals surface area contributed by atoms with Crippen LogP contribution in [0.2, 0.25) is 0 Å². The van der Waals surface area contributed by atoms with Crippen molar-refractivity contribution in [1.29, 1.82) is 0 Å². The van der Waals surface area contributed by atoms with Gasteiger partial charge in [0.25, 0.3) is 0 Å². The molecule has 4 nitrogen and oxygen atoms in total. The lowest BCUT2D eigenvalue weighted by Crippen LogP contribution is -2.10. The normalized spacial score (nSPS) is 10.7. The van der Waals surface area contributed by atoms with Gasteiger partial charge in [-0.1, -0.05) is 0 Å². The minimum Gasteiger partial charge on any atom is -0.491 e. The molecule has 2 aromatic rings. The fourth-order valence-corrected chi connectivity index (χ4v) is 1.36. The minimum absolute atomic E-state index is 0.529. The number of hydrogen-bond donors (Lipinski definition) is 1. The number of hydrogen-bond acceptors (Lipinski definition) is 3. The Morgan fingerprint density at radius 3 is 3.07 bits per heavy atom. The maximum atomic E-state index is 5.40. The Morgan fingerprint density at radius 2 is 2.29 bits per heavy atom. The molecular weight excluding hydrogens is 178 g/mol. The van der Waals surface area contributed by atoms with E-state index in [4.69, 9.17) is 10.5 Å². The summed E-state index contributed by atoms with van der Waals surface area (Å²) >= 11 is 0. The smallest absolute Gasteiger partial charge is 0.137 e. The zero-order valence-electron chi connectivity index (χ0n) is 8.10. The van der Waals surface area contributed by atoms with Crippen LogP contribution in [0.5, 0.6) is 5.75 Å². The number of pyridine rings is 1. The van der Waals surface area contributed by atoms with E-state index in [0.717, 1.165) is 17.1 Å². The van der Waals surface area contributed by atoms with Gasteiger partial charge in [-0.05, 0) is 19.1 Å². The number of ether oxygens (including phenoxy) is 1. The lowest BCUT2D eigenvalue weighted by atomic mass is 10.4. The lowest BCUT2D eigenvalue weighted by Gasteiger charge is -2.03. The van der Waals surface area contributed by atoms with Crippen molar-refractivity contribution >= 4 is 5.65 Å². The van der Waals surface area contributed by atoms with E-state index < -0.39 is 0 Å². The number of fused-ring (bicyclic) bond motifs is 1. The molecule has 2 rings (SSSR count). The van der Waals surface area contributed by atoms with E-state index in [9.17, 15) is 0 Å². The summed E-state index contributed by atoms with van der Waals surface area (Å²) in [7, 11) is 0. The van der Waals surface area contributed by atoms with Gasteiger partial charge in [0.1, 0.15) is 18.0 Å². The Hall–Kier alpha value is -1.55. The molecule has 0 fully saturated rings. The third-order valence-electron chi connectivity index (χ3n) is 1.93. The molecular formula is C10H13N3O. The number of aromatic nitrogens is 2. The first kappa shape index (κ1) is 9.02. The third-order valence-corrected chi connectivity index (χ3v) is 1.93. The van der Waals surface area contributed by atoms with Crippen LogP contribution in [0.25, 0.3) is 5.65 Å². The molecule has 2 heterocycles. The highest BCUT2D eigenvalue weighted by Crippen LogP contribution is 2.13. The van der Waals surface area contributed by atoms with Gasteiger partial charge in [-0.2, -0.15) is 0 Å². The Labute approximate surface area is 82.3 Å². The fraction of sp³-hybridized carbons (Fsp3) is 0.300. The first-order valence-corrected chi connectivity index (χ1v) is 4.58. The number of imidazole rings is 1. The van der Waals surface area contributed by atoms with E-state index in [-0.39, 0.29) is 0 Å².